The fourth-order valence-corrected chi connectivity index (χ4v) is 3.06. The number of anilines is 1. The minimum absolute atomic E-state index is 0.186. The molecule has 2 aromatic heterocycles. The van der Waals surface area contributed by atoms with Gasteiger partial charge in [0.15, 0.2) is 5.82 Å². The summed E-state index contributed by atoms with van der Waals surface area (Å²) in [7, 11) is 0. The van der Waals surface area contributed by atoms with Crippen LogP contribution in [0.4, 0.5) is 5.82 Å². The Kier molecular flexibility index (Phi) is 5.68. The SMILES string of the molecule is CCOCc1nc2c(N)nc3ccccc3c2n1CCCC(=O)OCC. The highest BCUT2D eigenvalue weighted by Crippen LogP contribution is 2.29. The van der Waals surface area contributed by atoms with Crippen molar-refractivity contribution in [1.82, 2.24) is 14.5 Å². The Labute approximate surface area is 152 Å². The predicted molar refractivity (Wildman–Crippen MR) is 101 cm³/mol. The Morgan fingerprint density at radius 2 is 2.00 bits per heavy atom. The molecule has 3 aromatic rings. The second kappa shape index (κ2) is 8.14. The van der Waals surface area contributed by atoms with Crippen molar-refractivity contribution in [1.29, 1.82) is 0 Å². The molecule has 0 aliphatic heterocycles. The molecule has 0 aliphatic rings. The summed E-state index contributed by atoms with van der Waals surface area (Å²) < 4.78 is 12.7. The van der Waals surface area contributed by atoms with E-state index in [2.05, 4.69) is 14.5 Å². The maximum atomic E-state index is 11.7. The molecule has 26 heavy (non-hydrogen) atoms. The molecule has 7 nitrogen and oxygen atoms in total. The van der Waals surface area contributed by atoms with Crippen molar-refractivity contribution >= 4 is 33.7 Å². The summed E-state index contributed by atoms with van der Waals surface area (Å²) in [6.45, 7) is 5.77. The van der Waals surface area contributed by atoms with Crippen LogP contribution in [0.15, 0.2) is 24.3 Å². The van der Waals surface area contributed by atoms with E-state index in [1.54, 1.807) is 0 Å². The fraction of sp³-hybridized carbons (Fsp3) is 0.421. The summed E-state index contributed by atoms with van der Waals surface area (Å²) in [6, 6.07) is 7.85. The summed E-state index contributed by atoms with van der Waals surface area (Å²) in [6.07, 6.45) is 1.01. The summed E-state index contributed by atoms with van der Waals surface area (Å²) in [5, 5.41) is 0.989. The molecule has 0 amide bonds. The molecule has 0 saturated carbocycles. The van der Waals surface area contributed by atoms with Crippen LogP contribution in [0.3, 0.4) is 0 Å². The van der Waals surface area contributed by atoms with Crippen molar-refractivity contribution < 1.29 is 14.3 Å². The number of esters is 1. The van der Waals surface area contributed by atoms with Crippen molar-refractivity contribution in [2.45, 2.75) is 39.8 Å². The van der Waals surface area contributed by atoms with Crippen LogP contribution in [0.25, 0.3) is 21.9 Å². The quantitative estimate of drug-likeness (QED) is 0.624. The van der Waals surface area contributed by atoms with E-state index >= 15 is 0 Å². The molecule has 7 heteroatoms. The molecule has 0 fully saturated rings. The number of hydrogen-bond acceptors (Lipinski definition) is 6. The second-order valence-corrected chi connectivity index (χ2v) is 5.94. The molecule has 0 bridgehead atoms. The Hall–Kier alpha value is -2.67. The normalized spacial score (nSPS) is 11.3. The zero-order chi connectivity index (χ0) is 18.5. The van der Waals surface area contributed by atoms with E-state index in [9.17, 15) is 4.79 Å². The molecule has 2 N–H and O–H groups in total. The third-order valence-electron chi connectivity index (χ3n) is 4.19. The Bertz CT molecular complexity index is 920. The molecule has 138 valence electrons. The molecule has 2 heterocycles. The van der Waals surface area contributed by atoms with Crippen molar-refractivity contribution in [2.75, 3.05) is 18.9 Å². The molecule has 1 aromatic carbocycles. The van der Waals surface area contributed by atoms with Crippen LogP contribution < -0.4 is 5.73 Å². The predicted octanol–water partition coefficient (Wildman–Crippen LogP) is 3.05. The van der Waals surface area contributed by atoms with Gasteiger partial charge in [-0.3, -0.25) is 4.79 Å². The van der Waals surface area contributed by atoms with Gasteiger partial charge >= 0.3 is 5.97 Å². The number of nitrogens with two attached hydrogens (primary N) is 1. The first-order valence-electron chi connectivity index (χ1n) is 8.92. The number of pyridine rings is 1. The molecule has 0 unspecified atom stereocenters. The van der Waals surface area contributed by atoms with E-state index in [4.69, 9.17) is 15.2 Å². The number of benzene rings is 1. The lowest BCUT2D eigenvalue weighted by molar-refractivity contribution is -0.143. The number of fused-ring (bicyclic) bond motifs is 3. The highest BCUT2D eigenvalue weighted by molar-refractivity contribution is 6.06. The average Bonchev–Trinajstić information content (AvgIpc) is 3.00. The number of nitrogens with zero attached hydrogens (tertiary/aromatic N) is 3. The van der Waals surface area contributed by atoms with Crippen LogP contribution in [0, 0.1) is 0 Å². The molecule has 0 aliphatic carbocycles. The van der Waals surface area contributed by atoms with E-state index in [0.29, 0.717) is 50.5 Å². The monoisotopic (exact) mass is 356 g/mol. The van der Waals surface area contributed by atoms with Gasteiger partial charge in [-0.1, -0.05) is 18.2 Å². The standard InChI is InChI=1S/C19H24N4O3/c1-3-25-12-15-22-17-18(23(15)11-7-10-16(24)26-4-2)13-8-5-6-9-14(13)21-19(17)20/h5-6,8-9H,3-4,7,10-12H2,1-2H3,(H2,20,21). The number of para-hydroxylation sites is 1. The topological polar surface area (TPSA) is 92.3 Å². The van der Waals surface area contributed by atoms with Gasteiger partial charge in [0.05, 0.1) is 17.6 Å². The fourth-order valence-electron chi connectivity index (χ4n) is 3.06. The van der Waals surface area contributed by atoms with Crippen molar-refractivity contribution in [3.8, 4) is 0 Å². The van der Waals surface area contributed by atoms with Gasteiger partial charge in [0.2, 0.25) is 0 Å². The van der Waals surface area contributed by atoms with Gasteiger partial charge in [0.1, 0.15) is 17.9 Å². The van der Waals surface area contributed by atoms with E-state index < -0.39 is 0 Å². The van der Waals surface area contributed by atoms with Gasteiger partial charge in [0, 0.05) is 25.0 Å². The number of rotatable bonds is 8. The minimum Gasteiger partial charge on any atom is -0.466 e. The minimum atomic E-state index is -0.186. The summed E-state index contributed by atoms with van der Waals surface area (Å²) in [5.74, 6) is 1.01. The molecule has 3 rings (SSSR count). The van der Waals surface area contributed by atoms with Gasteiger partial charge in [-0.05, 0) is 26.3 Å². The van der Waals surface area contributed by atoms with Crippen LogP contribution in [0.1, 0.15) is 32.5 Å². The Morgan fingerprint density at radius 1 is 1.19 bits per heavy atom. The number of nitrogen functional groups attached to an aromatic ring is 1. The van der Waals surface area contributed by atoms with Crippen LogP contribution >= 0.6 is 0 Å². The van der Waals surface area contributed by atoms with Gasteiger partial charge in [0.25, 0.3) is 0 Å². The lowest BCUT2D eigenvalue weighted by Crippen LogP contribution is -2.09. The highest BCUT2D eigenvalue weighted by Gasteiger charge is 2.17. The number of carbonyl (C=O) groups excluding carboxylic acids is 1. The Morgan fingerprint density at radius 3 is 2.77 bits per heavy atom. The van der Waals surface area contributed by atoms with Crippen LogP contribution in [0.2, 0.25) is 0 Å². The van der Waals surface area contributed by atoms with Crippen LogP contribution in [-0.2, 0) is 27.4 Å². The molecular weight excluding hydrogens is 332 g/mol. The van der Waals surface area contributed by atoms with E-state index in [1.165, 1.54) is 0 Å². The molecular formula is C19H24N4O3. The van der Waals surface area contributed by atoms with E-state index in [0.717, 1.165) is 22.2 Å². The zero-order valence-corrected chi connectivity index (χ0v) is 15.2. The molecule has 0 atom stereocenters. The highest BCUT2D eigenvalue weighted by atomic mass is 16.5. The maximum absolute atomic E-state index is 11.7. The number of imidazole rings is 1. The zero-order valence-electron chi connectivity index (χ0n) is 15.2. The number of aryl methyl sites for hydroxylation is 1. The average molecular weight is 356 g/mol. The first-order chi connectivity index (χ1) is 12.7. The first-order valence-corrected chi connectivity index (χ1v) is 8.92. The summed E-state index contributed by atoms with van der Waals surface area (Å²) in [5.41, 5.74) is 8.59. The van der Waals surface area contributed by atoms with Crippen LogP contribution in [-0.4, -0.2) is 33.7 Å². The maximum Gasteiger partial charge on any atom is 0.305 e. The largest absolute Gasteiger partial charge is 0.466 e. The lowest BCUT2D eigenvalue weighted by atomic mass is 10.2. The van der Waals surface area contributed by atoms with Gasteiger partial charge in [-0.25, -0.2) is 9.97 Å². The van der Waals surface area contributed by atoms with Crippen molar-refractivity contribution in [3.05, 3.63) is 30.1 Å². The second-order valence-electron chi connectivity index (χ2n) is 5.94. The molecule has 0 saturated heterocycles. The Balaban J connectivity index is 2.03. The van der Waals surface area contributed by atoms with Gasteiger partial charge in [-0.15, -0.1) is 0 Å². The number of carbonyl (C=O) groups is 1. The van der Waals surface area contributed by atoms with Gasteiger partial charge < -0.3 is 19.8 Å². The first kappa shape index (κ1) is 18.1. The van der Waals surface area contributed by atoms with Crippen LogP contribution in [0.5, 0.6) is 0 Å². The summed E-state index contributed by atoms with van der Waals surface area (Å²) >= 11 is 0. The summed E-state index contributed by atoms with van der Waals surface area (Å²) in [4.78, 5) is 20.8. The number of hydrogen-bond donors (Lipinski definition) is 1. The third kappa shape index (κ3) is 3.62. The molecule has 0 spiro atoms. The molecule has 0 radical (unpaired) electrons. The van der Waals surface area contributed by atoms with E-state index in [-0.39, 0.29) is 5.97 Å². The number of aromatic nitrogens is 3. The van der Waals surface area contributed by atoms with Crippen molar-refractivity contribution in [3.63, 3.8) is 0 Å². The van der Waals surface area contributed by atoms with Gasteiger partial charge in [-0.2, -0.15) is 0 Å². The van der Waals surface area contributed by atoms with E-state index in [1.807, 2.05) is 38.1 Å². The lowest BCUT2D eigenvalue weighted by Gasteiger charge is -2.11. The third-order valence-corrected chi connectivity index (χ3v) is 4.19. The smallest absolute Gasteiger partial charge is 0.305 e. The number of ether oxygens (including phenoxy) is 2. The van der Waals surface area contributed by atoms with Crippen molar-refractivity contribution in [2.24, 2.45) is 0 Å².